The average Bonchev–Trinajstić information content (AvgIpc) is 3.09. The van der Waals surface area contributed by atoms with E-state index in [1.54, 1.807) is 30.6 Å². The summed E-state index contributed by atoms with van der Waals surface area (Å²) in [4.78, 5) is 22.5. The van der Waals surface area contributed by atoms with E-state index in [9.17, 15) is 4.79 Å². The third kappa shape index (κ3) is 2.25. The molecular weight excluding hydrogens is 262 g/mol. The lowest BCUT2D eigenvalue weighted by Gasteiger charge is -1.98. The van der Waals surface area contributed by atoms with E-state index >= 15 is 0 Å². The fraction of sp³-hybridized carbons (Fsp3) is 0. The molecule has 3 aromatic rings. The van der Waals surface area contributed by atoms with Gasteiger partial charge in [-0.2, -0.15) is 0 Å². The average molecular weight is 271 g/mol. The Hall–Kier alpha value is -2.47. The number of carbonyl (C=O) groups is 1. The minimum absolute atomic E-state index is 0.255. The Morgan fingerprint density at radius 1 is 1.37 bits per heavy atom. The molecule has 5 nitrogen and oxygen atoms in total. The molecule has 1 aromatic carbocycles. The van der Waals surface area contributed by atoms with Gasteiger partial charge in [-0.25, -0.2) is 14.8 Å². The van der Waals surface area contributed by atoms with E-state index in [0.717, 1.165) is 16.3 Å². The highest BCUT2D eigenvalue weighted by atomic mass is 32.1. The highest BCUT2D eigenvalue weighted by Crippen LogP contribution is 2.27. The SMILES string of the molecule is O=C(O)c1cccc(-c2csc(-c3ncc[nH]3)n2)c1. The van der Waals surface area contributed by atoms with Crippen molar-refractivity contribution >= 4 is 17.3 Å². The van der Waals surface area contributed by atoms with Crippen molar-refractivity contribution in [1.82, 2.24) is 15.0 Å². The lowest BCUT2D eigenvalue weighted by molar-refractivity contribution is 0.0697. The maximum atomic E-state index is 10.9. The topological polar surface area (TPSA) is 78.9 Å². The van der Waals surface area contributed by atoms with Crippen molar-refractivity contribution in [2.75, 3.05) is 0 Å². The molecule has 0 amide bonds. The molecule has 3 rings (SSSR count). The highest BCUT2D eigenvalue weighted by molar-refractivity contribution is 7.13. The number of aromatic amines is 1. The van der Waals surface area contributed by atoms with Crippen LogP contribution in [0.5, 0.6) is 0 Å². The lowest BCUT2D eigenvalue weighted by atomic mass is 10.1. The predicted molar refractivity (Wildman–Crippen MR) is 72.1 cm³/mol. The first kappa shape index (κ1) is 11.6. The molecule has 0 atom stereocenters. The van der Waals surface area contributed by atoms with Crippen LogP contribution in [0.15, 0.2) is 42.0 Å². The number of carboxylic acid groups (broad SMARTS) is 1. The van der Waals surface area contributed by atoms with E-state index in [4.69, 9.17) is 5.11 Å². The van der Waals surface area contributed by atoms with E-state index in [1.807, 2.05) is 11.4 Å². The summed E-state index contributed by atoms with van der Waals surface area (Å²) >= 11 is 1.46. The molecule has 2 aromatic heterocycles. The van der Waals surface area contributed by atoms with Gasteiger partial charge >= 0.3 is 5.97 Å². The molecule has 0 radical (unpaired) electrons. The maximum absolute atomic E-state index is 10.9. The van der Waals surface area contributed by atoms with Crippen LogP contribution >= 0.6 is 11.3 Å². The zero-order chi connectivity index (χ0) is 13.2. The number of rotatable bonds is 3. The summed E-state index contributed by atoms with van der Waals surface area (Å²) < 4.78 is 0. The molecule has 0 fully saturated rings. The molecule has 2 N–H and O–H groups in total. The van der Waals surface area contributed by atoms with Crippen molar-refractivity contribution in [1.29, 1.82) is 0 Å². The van der Waals surface area contributed by atoms with Crippen LogP contribution in [0.25, 0.3) is 22.1 Å². The summed E-state index contributed by atoms with van der Waals surface area (Å²) in [6, 6.07) is 6.73. The number of H-pyrrole nitrogens is 1. The number of hydrogen-bond donors (Lipinski definition) is 2. The number of hydrogen-bond acceptors (Lipinski definition) is 4. The van der Waals surface area contributed by atoms with Crippen LogP contribution in [0.3, 0.4) is 0 Å². The Morgan fingerprint density at radius 3 is 3.00 bits per heavy atom. The number of carboxylic acids is 1. The van der Waals surface area contributed by atoms with Gasteiger partial charge in [0.05, 0.1) is 11.3 Å². The normalized spacial score (nSPS) is 10.5. The van der Waals surface area contributed by atoms with Crippen LogP contribution in [-0.2, 0) is 0 Å². The second kappa shape index (κ2) is 4.66. The van der Waals surface area contributed by atoms with Crippen LogP contribution in [-0.4, -0.2) is 26.0 Å². The van der Waals surface area contributed by atoms with Crippen LogP contribution in [0, 0.1) is 0 Å². The zero-order valence-electron chi connectivity index (χ0n) is 9.70. The van der Waals surface area contributed by atoms with E-state index in [-0.39, 0.29) is 5.56 Å². The molecule has 0 aliphatic rings. The minimum Gasteiger partial charge on any atom is -0.478 e. The number of imidazole rings is 1. The largest absolute Gasteiger partial charge is 0.478 e. The standard InChI is InChI=1S/C13H9N3O2S/c17-13(18)9-3-1-2-8(6-9)10-7-19-12(16-10)11-14-4-5-15-11/h1-7H,(H,14,15)(H,17,18). The van der Waals surface area contributed by atoms with Gasteiger partial charge in [-0.1, -0.05) is 12.1 Å². The summed E-state index contributed by atoms with van der Waals surface area (Å²) in [6.45, 7) is 0. The third-order valence-corrected chi connectivity index (χ3v) is 3.46. The van der Waals surface area contributed by atoms with Crippen molar-refractivity contribution in [3.8, 4) is 22.1 Å². The molecule has 0 aliphatic heterocycles. The molecule has 0 aliphatic carbocycles. The Labute approximate surface area is 112 Å². The number of aromatic nitrogens is 3. The predicted octanol–water partition coefficient (Wildman–Crippen LogP) is 2.90. The fourth-order valence-electron chi connectivity index (χ4n) is 1.71. The highest BCUT2D eigenvalue weighted by Gasteiger charge is 2.10. The number of aromatic carboxylic acids is 1. The van der Waals surface area contributed by atoms with Gasteiger partial charge < -0.3 is 10.1 Å². The smallest absolute Gasteiger partial charge is 0.335 e. The lowest BCUT2D eigenvalue weighted by Crippen LogP contribution is -1.95. The van der Waals surface area contributed by atoms with Gasteiger partial charge in [-0.15, -0.1) is 11.3 Å². The Balaban J connectivity index is 1.99. The molecular formula is C13H9N3O2S. The van der Waals surface area contributed by atoms with Crippen LogP contribution in [0.2, 0.25) is 0 Å². The molecule has 0 unspecified atom stereocenters. The molecule has 94 valence electrons. The number of nitrogens with one attached hydrogen (secondary N) is 1. The number of thiazole rings is 1. The molecule has 19 heavy (non-hydrogen) atoms. The molecule has 0 spiro atoms. The molecule has 6 heteroatoms. The molecule has 0 saturated carbocycles. The van der Waals surface area contributed by atoms with E-state index in [0.29, 0.717) is 5.82 Å². The Kier molecular flexibility index (Phi) is 2.85. The second-order valence-corrected chi connectivity index (χ2v) is 4.72. The van der Waals surface area contributed by atoms with Crippen LogP contribution in [0.4, 0.5) is 0 Å². The monoisotopic (exact) mass is 271 g/mol. The second-order valence-electron chi connectivity index (χ2n) is 3.86. The first-order chi connectivity index (χ1) is 9.24. The summed E-state index contributed by atoms with van der Waals surface area (Å²) in [7, 11) is 0. The Morgan fingerprint density at radius 2 is 2.26 bits per heavy atom. The molecule has 0 saturated heterocycles. The van der Waals surface area contributed by atoms with Crippen molar-refractivity contribution in [2.45, 2.75) is 0 Å². The van der Waals surface area contributed by atoms with Gasteiger partial charge in [0.25, 0.3) is 0 Å². The van der Waals surface area contributed by atoms with E-state index in [2.05, 4.69) is 15.0 Å². The Bertz CT molecular complexity index is 719. The quantitative estimate of drug-likeness (QED) is 0.767. The van der Waals surface area contributed by atoms with Gasteiger partial charge in [0.1, 0.15) is 0 Å². The first-order valence-corrected chi connectivity index (χ1v) is 6.41. The zero-order valence-corrected chi connectivity index (χ0v) is 10.5. The number of nitrogens with zero attached hydrogens (tertiary/aromatic N) is 2. The van der Waals surface area contributed by atoms with Gasteiger partial charge in [0.15, 0.2) is 10.8 Å². The maximum Gasteiger partial charge on any atom is 0.335 e. The van der Waals surface area contributed by atoms with Gasteiger partial charge in [-0.05, 0) is 12.1 Å². The van der Waals surface area contributed by atoms with Gasteiger partial charge in [-0.3, -0.25) is 0 Å². The van der Waals surface area contributed by atoms with Crippen molar-refractivity contribution in [2.24, 2.45) is 0 Å². The third-order valence-electron chi connectivity index (χ3n) is 2.61. The van der Waals surface area contributed by atoms with Gasteiger partial charge in [0, 0.05) is 23.3 Å². The number of benzene rings is 1. The summed E-state index contributed by atoms with van der Waals surface area (Å²) in [5, 5.41) is 11.6. The van der Waals surface area contributed by atoms with Gasteiger partial charge in [0.2, 0.25) is 0 Å². The first-order valence-electron chi connectivity index (χ1n) is 5.53. The molecule has 0 bridgehead atoms. The van der Waals surface area contributed by atoms with Crippen molar-refractivity contribution in [3.63, 3.8) is 0 Å². The van der Waals surface area contributed by atoms with Crippen LogP contribution < -0.4 is 0 Å². The van der Waals surface area contributed by atoms with E-state index in [1.165, 1.54) is 11.3 Å². The van der Waals surface area contributed by atoms with Crippen molar-refractivity contribution in [3.05, 3.63) is 47.6 Å². The fourth-order valence-corrected chi connectivity index (χ4v) is 2.50. The van der Waals surface area contributed by atoms with E-state index < -0.39 is 5.97 Å². The molecule has 2 heterocycles. The van der Waals surface area contributed by atoms with Crippen LogP contribution in [0.1, 0.15) is 10.4 Å². The summed E-state index contributed by atoms with van der Waals surface area (Å²) in [5.41, 5.74) is 1.79. The minimum atomic E-state index is -0.941. The van der Waals surface area contributed by atoms with Crippen molar-refractivity contribution < 1.29 is 9.90 Å². The summed E-state index contributed by atoms with van der Waals surface area (Å²) in [5.74, 6) is -0.228. The summed E-state index contributed by atoms with van der Waals surface area (Å²) in [6.07, 6.45) is 3.41.